The number of hydrazine groups is 1. The van der Waals surface area contributed by atoms with Crippen LogP contribution in [0.3, 0.4) is 0 Å². The third-order valence-electron chi connectivity index (χ3n) is 6.65. The number of amides is 2. The predicted octanol–water partition coefficient (Wildman–Crippen LogP) is 4.35. The smallest absolute Gasteiger partial charge is 0.269 e. The van der Waals surface area contributed by atoms with Gasteiger partial charge in [-0.1, -0.05) is 56.3 Å². The van der Waals surface area contributed by atoms with Crippen LogP contribution in [0.4, 0.5) is 11.4 Å². The maximum atomic E-state index is 13.8. The van der Waals surface area contributed by atoms with Gasteiger partial charge in [-0.05, 0) is 49.3 Å². The summed E-state index contributed by atoms with van der Waals surface area (Å²) in [6.45, 7) is 4.31. The molecular formula is C29H38N4O8S. The molecule has 3 atom stereocenters. The fourth-order valence-electron chi connectivity index (χ4n) is 4.57. The second kappa shape index (κ2) is 15.4. The molecule has 2 aromatic rings. The molecule has 42 heavy (non-hydrogen) atoms. The number of hydrogen-bond acceptors (Lipinski definition) is 8. The van der Waals surface area contributed by atoms with E-state index in [1.54, 1.807) is 6.08 Å². The number of nitrogens with one attached hydrogen (secondary N) is 2. The molecule has 0 bridgehead atoms. The molecule has 0 saturated carbocycles. The van der Waals surface area contributed by atoms with E-state index in [-0.39, 0.29) is 30.1 Å². The Bertz CT molecular complexity index is 1330. The van der Waals surface area contributed by atoms with Gasteiger partial charge >= 0.3 is 0 Å². The largest absolute Gasteiger partial charge is 0.350 e. The molecule has 1 saturated heterocycles. The van der Waals surface area contributed by atoms with E-state index in [4.69, 9.17) is 9.57 Å². The number of nitro groups is 1. The summed E-state index contributed by atoms with van der Waals surface area (Å²) in [5, 5.41) is 11.1. The zero-order chi connectivity index (χ0) is 30.7. The number of rotatable bonds is 14. The molecule has 1 aliphatic rings. The van der Waals surface area contributed by atoms with Crippen molar-refractivity contribution in [2.45, 2.75) is 52.2 Å². The van der Waals surface area contributed by atoms with Crippen molar-refractivity contribution in [3.8, 4) is 0 Å². The van der Waals surface area contributed by atoms with E-state index in [0.29, 0.717) is 17.4 Å². The van der Waals surface area contributed by atoms with Crippen LogP contribution < -0.4 is 15.3 Å². The average molecular weight is 603 g/mol. The van der Waals surface area contributed by atoms with Crippen molar-refractivity contribution in [2.75, 3.05) is 17.3 Å². The van der Waals surface area contributed by atoms with Crippen molar-refractivity contribution in [1.29, 1.82) is 0 Å². The minimum atomic E-state index is -4.06. The van der Waals surface area contributed by atoms with Crippen molar-refractivity contribution in [1.82, 2.24) is 10.9 Å². The number of hydroxylamine groups is 1. The lowest BCUT2D eigenvalue weighted by Crippen LogP contribution is -2.51. The first-order chi connectivity index (χ1) is 20.0. The molecule has 1 fully saturated rings. The van der Waals surface area contributed by atoms with Gasteiger partial charge in [0.1, 0.15) is 0 Å². The lowest BCUT2D eigenvalue weighted by atomic mass is 9.82. The molecule has 228 valence electrons. The number of benzene rings is 2. The fraction of sp³-hybridized carbons (Fsp3) is 0.448. The number of nitrogens with zero attached hydrogens (tertiary/aromatic N) is 2. The van der Waals surface area contributed by atoms with Crippen molar-refractivity contribution in [3.05, 3.63) is 76.4 Å². The molecule has 1 aliphatic heterocycles. The highest BCUT2D eigenvalue weighted by molar-refractivity contribution is 7.92. The van der Waals surface area contributed by atoms with Gasteiger partial charge in [0, 0.05) is 25.2 Å². The summed E-state index contributed by atoms with van der Waals surface area (Å²) in [4.78, 5) is 43.3. The molecule has 0 radical (unpaired) electrons. The van der Waals surface area contributed by atoms with Crippen LogP contribution in [-0.2, 0) is 29.2 Å². The molecule has 0 spiro atoms. The maximum absolute atomic E-state index is 13.8. The summed E-state index contributed by atoms with van der Waals surface area (Å²) in [6, 6.07) is 14.2. The predicted molar refractivity (Wildman–Crippen MR) is 158 cm³/mol. The quantitative estimate of drug-likeness (QED) is 0.239. The lowest BCUT2D eigenvalue weighted by Gasteiger charge is -2.30. The number of carbonyl (C=O) groups is 2. The summed E-state index contributed by atoms with van der Waals surface area (Å²) in [5.74, 6) is -3.14. The highest BCUT2D eigenvalue weighted by atomic mass is 32.2. The third-order valence-corrected chi connectivity index (χ3v) is 7.62. The van der Waals surface area contributed by atoms with Crippen LogP contribution in [0, 0.1) is 27.9 Å². The standard InChI is InChI=1S/C29H38N4O8S/c1-21(2)20-26(28(34)30-32(42(3,38)39)23-15-17-24(18-16-23)33(36)37)25(13-9-12-22-10-5-4-6-11-22)29(35)31-41-27-14-7-8-19-40-27/h4-6,9-12,15-18,21,25-27H,7-8,13-14,19-20H2,1-3H3,(H,30,34)(H,31,35)/t25-,26?,27+/m1/s1. The number of sulfonamides is 1. The van der Waals surface area contributed by atoms with Gasteiger partial charge in [-0.25, -0.2) is 18.7 Å². The van der Waals surface area contributed by atoms with Crippen LogP contribution in [0.5, 0.6) is 0 Å². The Balaban J connectivity index is 1.89. The maximum Gasteiger partial charge on any atom is 0.269 e. The first kappa shape index (κ1) is 32.7. The molecule has 1 heterocycles. The first-order valence-electron chi connectivity index (χ1n) is 13.8. The van der Waals surface area contributed by atoms with Crippen LogP contribution in [0.15, 0.2) is 60.7 Å². The number of hydrogen-bond donors (Lipinski definition) is 2. The molecule has 0 aliphatic carbocycles. The van der Waals surface area contributed by atoms with E-state index in [0.717, 1.165) is 36.8 Å². The highest BCUT2D eigenvalue weighted by Gasteiger charge is 2.36. The SMILES string of the molecule is CC(C)CC(C(=O)NN(c1ccc([N+](=O)[O-])cc1)S(C)(=O)=O)[C@@H](CC=Cc1ccccc1)C(=O)NO[C@H]1CCCCO1. The number of anilines is 1. The average Bonchev–Trinajstić information content (AvgIpc) is 2.96. The number of non-ortho nitro benzene ring substituents is 1. The van der Waals surface area contributed by atoms with Gasteiger partial charge in [0.25, 0.3) is 5.69 Å². The van der Waals surface area contributed by atoms with Gasteiger partial charge in [-0.15, -0.1) is 0 Å². The summed E-state index contributed by atoms with van der Waals surface area (Å²) in [5.41, 5.74) is 5.59. The van der Waals surface area contributed by atoms with Crippen molar-refractivity contribution in [2.24, 2.45) is 17.8 Å². The molecule has 12 nitrogen and oxygen atoms in total. The molecule has 2 aromatic carbocycles. The Morgan fingerprint density at radius 1 is 1.10 bits per heavy atom. The second-order valence-electron chi connectivity index (χ2n) is 10.5. The van der Waals surface area contributed by atoms with Crippen LogP contribution in [0.2, 0.25) is 0 Å². The number of ether oxygens (including phenoxy) is 1. The molecule has 2 amide bonds. The lowest BCUT2D eigenvalue weighted by molar-refractivity contribution is -0.384. The number of nitro benzene ring substituents is 1. The van der Waals surface area contributed by atoms with E-state index < -0.39 is 44.9 Å². The molecule has 3 rings (SSSR count). The molecule has 0 aromatic heterocycles. The van der Waals surface area contributed by atoms with Gasteiger partial charge < -0.3 is 4.74 Å². The third kappa shape index (κ3) is 9.93. The minimum Gasteiger partial charge on any atom is -0.350 e. The Kier molecular flexibility index (Phi) is 12.0. The van der Waals surface area contributed by atoms with Crippen LogP contribution in [0.25, 0.3) is 6.08 Å². The van der Waals surface area contributed by atoms with Gasteiger partial charge in [0.05, 0.1) is 28.7 Å². The zero-order valence-corrected chi connectivity index (χ0v) is 24.8. The van der Waals surface area contributed by atoms with Gasteiger partial charge in [-0.2, -0.15) is 4.41 Å². The summed E-state index contributed by atoms with van der Waals surface area (Å²) < 4.78 is 31.6. The Hall–Kier alpha value is -3.81. The minimum absolute atomic E-state index is 0.00232. The van der Waals surface area contributed by atoms with Crippen LogP contribution in [0.1, 0.15) is 51.5 Å². The van der Waals surface area contributed by atoms with E-state index in [1.807, 2.05) is 50.3 Å². The van der Waals surface area contributed by atoms with Crippen LogP contribution in [-0.4, -0.2) is 44.3 Å². The van der Waals surface area contributed by atoms with Crippen molar-refractivity contribution in [3.63, 3.8) is 0 Å². The van der Waals surface area contributed by atoms with Gasteiger partial charge in [0.15, 0.2) is 6.29 Å². The second-order valence-corrected chi connectivity index (χ2v) is 12.4. The van der Waals surface area contributed by atoms with Crippen molar-refractivity contribution < 1.29 is 32.5 Å². The fourth-order valence-corrected chi connectivity index (χ4v) is 5.33. The van der Waals surface area contributed by atoms with Crippen LogP contribution >= 0.6 is 0 Å². The molecule has 2 N–H and O–H groups in total. The highest BCUT2D eigenvalue weighted by Crippen LogP contribution is 2.27. The summed E-state index contributed by atoms with van der Waals surface area (Å²) in [7, 11) is -4.06. The monoisotopic (exact) mass is 602 g/mol. The van der Waals surface area contributed by atoms with E-state index >= 15 is 0 Å². The summed E-state index contributed by atoms with van der Waals surface area (Å²) in [6.07, 6.45) is 6.79. The Labute approximate surface area is 246 Å². The number of allylic oxidation sites excluding steroid dienone is 1. The Morgan fingerprint density at radius 3 is 2.36 bits per heavy atom. The van der Waals surface area contributed by atoms with E-state index in [9.17, 15) is 28.1 Å². The molecule has 13 heteroatoms. The van der Waals surface area contributed by atoms with Gasteiger partial charge in [-0.3, -0.25) is 25.1 Å². The molecular weight excluding hydrogens is 564 g/mol. The van der Waals surface area contributed by atoms with Gasteiger partial charge in [0.2, 0.25) is 21.8 Å². The van der Waals surface area contributed by atoms with Crippen molar-refractivity contribution >= 4 is 39.3 Å². The van der Waals surface area contributed by atoms with E-state index in [2.05, 4.69) is 10.9 Å². The van der Waals surface area contributed by atoms with E-state index in [1.165, 1.54) is 12.1 Å². The Morgan fingerprint density at radius 2 is 1.79 bits per heavy atom. The zero-order valence-electron chi connectivity index (χ0n) is 24.0. The number of carbonyl (C=O) groups excluding carboxylic acids is 2. The topological polar surface area (TPSA) is 157 Å². The first-order valence-corrected chi connectivity index (χ1v) is 15.6. The molecule has 1 unspecified atom stereocenters. The summed E-state index contributed by atoms with van der Waals surface area (Å²) >= 11 is 0. The normalized spacial score (nSPS) is 17.0.